The monoisotopic (exact) mass is 314 g/mol. The normalized spacial score (nSPS) is 13.9. The summed E-state index contributed by atoms with van der Waals surface area (Å²) in [5, 5.41) is 10.6. The molecule has 0 spiro atoms. The minimum Gasteiger partial charge on any atom is -0.391 e. The molecule has 0 amide bonds. The van der Waals surface area contributed by atoms with Crippen LogP contribution in [0.3, 0.4) is 0 Å². The largest absolute Gasteiger partial charge is 0.391 e. The lowest BCUT2D eigenvalue weighted by atomic mass is 9.83. The van der Waals surface area contributed by atoms with Gasteiger partial charge in [-0.25, -0.2) is 0 Å². The average molecular weight is 315 g/mol. The molecule has 4 heteroatoms. The summed E-state index contributed by atoms with van der Waals surface area (Å²) in [6.45, 7) is 4.25. The third-order valence-electron chi connectivity index (χ3n) is 3.93. The molecule has 0 aliphatic heterocycles. The zero-order valence-corrected chi connectivity index (χ0v) is 13.2. The van der Waals surface area contributed by atoms with E-state index in [2.05, 4.69) is 39.7 Å². The molecule has 0 aromatic carbocycles. The highest BCUT2D eigenvalue weighted by Gasteiger charge is 2.36. The van der Waals surface area contributed by atoms with Crippen molar-refractivity contribution < 1.29 is 5.11 Å². The predicted molar refractivity (Wildman–Crippen MR) is 78.6 cm³/mol. The lowest BCUT2D eigenvalue weighted by Crippen LogP contribution is -2.53. The molecule has 0 bridgehead atoms. The molecule has 0 aliphatic carbocycles. The van der Waals surface area contributed by atoms with E-state index in [0.717, 1.165) is 23.0 Å². The van der Waals surface area contributed by atoms with Gasteiger partial charge in [0.15, 0.2) is 0 Å². The lowest BCUT2D eigenvalue weighted by molar-refractivity contribution is -0.0130. The molecule has 3 nitrogen and oxygen atoms in total. The maximum absolute atomic E-state index is 10.6. The molecule has 0 saturated carbocycles. The molecule has 1 rings (SSSR count). The summed E-state index contributed by atoms with van der Waals surface area (Å²) < 4.78 is 0.964. The first-order valence-electron chi connectivity index (χ1n) is 6.42. The van der Waals surface area contributed by atoms with Crippen molar-refractivity contribution in [2.45, 2.75) is 44.8 Å². The molecule has 0 saturated heterocycles. The van der Waals surface area contributed by atoms with Crippen LogP contribution in [0, 0.1) is 0 Å². The van der Waals surface area contributed by atoms with Crippen molar-refractivity contribution in [1.82, 2.24) is 9.88 Å². The molecule has 0 radical (unpaired) electrons. The van der Waals surface area contributed by atoms with Gasteiger partial charge in [-0.05, 0) is 55.0 Å². The van der Waals surface area contributed by atoms with Crippen LogP contribution >= 0.6 is 15.9 Å². The first-order chi connectivity index (χ1) is 8.46. The van der Waals surface area contributed by atoms with Gasteiger partial charge in [0, 0.05) is 28.3 Å². The van der Waals surface area contributed by atoms with Gasteiger partial charge in [0.25, 0.3) is 0 Å². The maximum atomic E-state index is 10.6. The molecule has 0 fully saturated rings. The summed E-state index contributed by atoms with van der Waals surface area (Å²) in [5.74, 6) is 0. The van der Waals surface area contributed by atoms with Crippen LogP contribution in [-0.4, -0.2) is 40.7 Å². The maximum Gasteiger partial charge on any atom is 0.0778 e. The Bertz CT molecular complexity index is 361. The van der Waals surface area contributed by atoms with Gasteiger partial charge >= 0.3 is 0 Å². The van der Waals surface area contributed by atoms with E-state index >= 15 is 0 Å². The van der Waals surface area contributed by atoms with Crippen molar-refractivity contribution in [3.8, 4) is 0 Å². The summed E-state index contributed by atoms with van der Waals surface area (Å²) >= 11 is 3.37. The van der Waals surface area contributed by atoms with E-state index in [1.807, 2.05) is 26.2 Å². The van der Waals surface area contributed by atoms with E-state index in [9.17, 15) is 5.11 Å². The second kappa shape index (κ2) is 6.64. The number of aromatic nitrogens is 1. The van der Waals surface area contributed by atoms with Gasteiger partial charge in [-0.2, -0.15) is 0 Å². The Morgan fingerprint density at radius 2 is 1.94 bits per heavy atom. The zero-order chi connectivity index (χ0) is 13.8. The van der Waals surface area contributed by atoms with Crippen LogP contribution in [0.4, 0.5) is 0 Å². The quantitative estimate of drug-likeness (QED) is 0.877. The summed E-state index contributed by atoms with van der Waals surface area (Å²) in [7, 11) is 4.07. The Kier molecular flexibility index (Phi) is 5.76. The van der Waals surface area contributed by atoms with Gasteiger partial charge in [0.1, 0.15) is 0 Å². The van der Waals surface area contributed by atoms with E-state index in [4.69, 9.17) is 0 Å². The van der Waals surface area contributed by atoms with Crippen LogP contribution in [0.15, 0.2) is 22.8 Å². The molecular weight excluding hydrogens is 292 g/mol. The van der Waals surface area contributed by atoms with Crippen LogP contribution in [0.25, 0.3) is 0 Å². The van der Waals surface area contributed by atoms with Crippen molar-refractivity contribution in [2.75, 3.05) is 14.1 Å². The average Bonchev–Trinajstić information content (AvgIpc) is 2.34. The minimum atomic E-state index is -0.406. The van der Waals surface area contributed by atoms with Crippen LogP contribution < -0.4 is 0 Å². The Labute approximate surface area is 118 Å². The molecule has 1 N–H and O–H groups in total. The number of aliphatic hydroxyl groups excluding tert-OH is 1. The first kappa shape index (κ1) is 15.6. The highest BCUT2D eigenvalue weighted by Crippen LogP contribution is 2.27. The molecule has 1 unspecified atom stereocenters. The van der Waals surface area contributed by atoms with Gasteiger partial charge in [-0.3, -0.25) is 4.98 Å². The van der Waals surface area contributed by atoms with Crippen LogP contribution in [-0.2, 0) is 6.42 Å². The number of hydrogen-bond donors (Lipinski definition) is 1. The summed E-state index contributed by atoms with van der Waals surface area (Å²) in [5.41, 5.74) is 0.758. The topological polar surface area (TPSA) is 36.4 Å². The van der Waals surface area contributed by atoms with E-state index in [1.165, 1.54) is 0 Å². The molecule has 0 aliphatic rings. The molecule has 1 aromatic rings. The van der Waals surface area contributed by atoms with Gasteiger partial charge in [-0.1, -0.05) is 13.8 Å². The lowest BCUT2D eigenvalue weighted by Gasteiger charge is -2.42. The molecule has 18 heavy (non-hydrogen) atoms. The van der Waals surface area contributed by atoms with Crippen LogP contribution in [0.5, 0.6) is 0 Å². The second-order valence-corrected chi connectivity index (χ2v) is 5.81. The number of hydrogen-bond acceptors (Lipinski definition) is 3. The minimum absolute atomic E-state index is 0.172. The first-order valence-corrected chi connectivity index (χ1v) is 7.21. The van der Waals surface area contributed by atoms with Gasteiger partial charge in [0.2, 0.25) is 0 Å². The number of pyridine rings is 1. The molecule has 1 atom stereocenters. The summed E-state index contributed by atoms with van der Waals surface area (Å²) in [6.07, 6.45) is 3.81. The smallest absolute Gasteiger partial charge is 0.0778 e. The highest BCUT2D eigenvalue weighted by molar-refractivity contribution is 9.10. The molecular formula is C14H23BrN2O. The predicted octanol–water partition coefficient (Wildman–Crippen LogP) is 2.87. The van der Waals surface area contributed by atoms with E-state index in [1.54, 1.807) is 6.20 Å². The third kappa shape index (κ3) is 3.31. The number of likely N-dealkylation sites (N-methyl/N-ethyl adjacent to an activating group) is 1. The summed E-state index contributed by atoms with van der Waals surface area (Å²) in [4.78, 5) is 6.47. The SMILES string of the molecule is CCC(CC)(C(O)Cc1ccc(Br)cn1)N(C)C. The van der Waals surface area contributed by atoms with Gasteiger partial charge in [-0.15, -0.1) is 0 Å². The Balaban J connectivity index is 2.85. The van der Waals surface area contributed by atoms with Gasteiger partial charge in [0.05, 0.1) is 6.10 Å². The van der Waals surface area contributed by atoms with Crippen molar-refractivity contribution in [3.05, 3.63) is 28.5 Å². The van der Waals surface area contributed by atoms with Crippen molar-refractivity contribution in [3.63, 3.8) is 0 Å². The Morgan fingerprint density at radius 1 is 1.33 bits per heavy atom. The fourth-order valence-corrected chi connectivity index (χ4v) is 2.80. The van der Waals surface area contributed by atoms with Crippen LogP contribution in [0.1, 0.15) is 32.4 Å². The van der Waals surface area contributed by atoms with Crippen LogP contribution in [0.2, 0.25) is 0 Å². The van der Waals surface area contributed by atoms with E-state index < -0.39 is 6.10 Å². The van der Waals surface area contributed by atoms with E-state index in [0.29, 0.717) is 6.42 Å². The van der Waals surface area contributed by atoms with Crippen molar-refractivity contribution in [1.29, 1.82) is 0 Å². The number of nitrogens with zero attached hydrogens (tertiary/aromatic N) is 2. The molecule has 1 aromatic heterocycles. The number of rotatable bonds is 6. The summed E-state index contributed by atoms with van der Waals surface area (Å²) in [6, 6.07) is 3.92. The second-order valence-electron chi connectivity index (χ2n) is 4.89. The Morgan fingerprint density at radius 3 is 2.33 bits per heavy atom. The highest BCUT2D eigenvalue weighted by atomic mass is 79.9. The fraction of sp³-hybridized carbons (Fsp3) is 0.643. The van der Waals surface area contributed by atoms with E-state index in [-0.39, 0.29) is 5.54 Å². The fourth-order valence-electron chi connectivity index (χ4n) is 2.57. The van der Waals surface area contributed by atoms with Crippen molar-refractivity contribution >= 4 is 15.9 Å². The van der Waals surface area contributed by atoms with Gasteiger partial charge < -0.3 is 10.0 Å². The number of aliphatic hydroxyl groups is 1. The molecule has 1 heterocycles. The van der Waals surface area contributed by atoms with Crippen molar-refractivity contribution in [2.24, 2.45) is 0 Å². The zero-order valence-electron chi connectivity index (χ0n) is 11.7. The number of halogens is 1. The Hall–Kier alpha value is -0.450. The third-order valence-corrected chi connectivity index (χ3v) is 4.40. The molecule has 102 valence electrons. The standard InChI is InChI=1S/C14H23BrN2O/c1-5-14(6-2,17(3)4)13(18)9-12-8-7-11(15)10-16-12/h7-8,10,13,18H,5-6,9H2,1-4H3.